The SMILES string of the molecule is CCCC[P+](CC)(CCC)C(CC)C(=O)Nc1c(C)cc(C#N)cc1C. The lowest BCUT2D eigenvalue weighted by Gasteiger charge is -2.33. The summed E-state index contributed by atoms with van der Waals surface area (Å²) in [5, 5.41) is 12.4. The molecule has 1 aromatic carbocycles. The highest BCUT2D eigenvalue weighted by Gasteiger charge is 2.46. The van der Waals surface area contributed by atoms with Crippen LogP contribution in [0.4, 0.5) is 5.69 Å². The molecule has 0 fully saturated rings. The number of rotatable bonds is 10. The van der Waals surface area contributed by atoms with Gasteiger partial charge < -0.3 is 5.32 Å². The molecule has 144 valence electrons. The molecule has 26 heavy (non-hydrogen) atoms. The molecule has 1 amide bonds. The van der Waals surface area contributed by atoms with Gasteiger partial charge in [-0.1, -0.05) is 27.2 Å². The van der Waals surface area contributed by atoms with E-state index < -0.39 is 7.26 Å². The topological polar surface area (TPSA) is 52.9 Å². The fourth-order valence-corrected chi connectivity index (χ4v) is 9.23. The van der Waals surface area contributed by atoms with Crippen molar-refractivity contribution < 1.29 is 4.79 Å². The van der Waals surface area contributed by atoms with Crippen molar-refractivity contribution in [3.8, 4) is 6.07 Å². The third-order valence-electron chi connectivity index (χ3n) is 5.52. The second-order valence-electron chi connectivity index (χ2n) is 7.35. The van der Waals surface area contributed by atoms with Crippen LogP contribution >= 0.6 is 7.26 Å². The predicted octanol–water partition coefficient (Wildman–Crippen LogP) is 6.14. The van der Waals surface area contributed by atoms with E-state index in [1.165, 1.54) is 25.2 Å². The maximum atomic E-state index is 13.3. The highest BCUT2D eigenvalue weighted by molar-refractivity contribution is 7.77. The number of hydrogen-bond donors (Lipinski definition) is 1. The van der Waals surface area contributed by atoms with Gasteiger partial charge in [0.05, 0.1) is 30.1 Å². The molecule has 1 N–H and O–H groups in total. The zero-order valence-corrected chi connectivity index (χ0v) is 18.4. The van der Waals surface area contributed by atoms with Crippen molar-refractivity contribution >= 4 is 18.9 Å². The van der Waals surface area contributed by atoms with Gasteiger partial charge in [-0.3, -0.25) is 4.79 Å². The van der Waals surface area contributed by atoms with Crippen LogP contribution in [0.25, 0.3) is 0 Å². The Morgan fingerprint density at radius 1 is 1.12 bits per heavy atom. The zero-order valence-electron chi connectivity index (χ0n) is 17.5. The van der Waals surface area contributed by atoms with Gasteiger partial charge in [0.25, 0.3) is 5.91 Å². The first-order chi connectivity index (χ1) is 12.4. The Balaban J connectivity index is 3.16. The van der Waals surface area contributed by atoms with Crippen molar-refractivity contribution in [3.05, 3.63) is 28.8 Å². The molecule has 2 atom stereocenters. The lowest BCUT2D eigenvalue weighted by atomic mass is 10.0. The van der Waals surface area contributed by atoms with E-state index in [-0.39, 0.29) is 11.6 Å². The number of hydrogen-bond acceptors (Lipinski definition) is 2. The minimum atomic E-state index is -1.31. The molecule has 0 aliphatic heterocycles. The number of nitrogens with zero attached hydrogens (tertiary/aromatic N) is 1. The highest BCUT2D eigenvalue weighted by Crippen LogP contribution is 2.64. The summed E-state index contributed by atoms with van der Waals surface area (Å²) in [6, 6.07) is 5.90. The average Bonchev–Trinajstić information content (AvgIpc) is 2.62. The number of amides is 1. The molecule has 0 heterocycles. The van der Waals surface area contributed by atoms with E-state index in [0.29, 0.717) is 5.56 Å². The van der Waals surface area contributed by atoms with Crippen LogP contribution in [0.2, 0.25) is 0 Å². The van der Waals surface area contributed by atoms with Gasteiger partial charge >= 0.3 is 0 Å². The van der Waals surface area contributed by atoms with E-state index in [1.54, 1.807) is 0 Å². The minimum Gasteiger partial charge on any atom is -0.322 e. The summed E-state index contributed by atoms with van der Waals surface area (Å²) in [6.07, 6.45) is 8.07. The Bertz CT molecular complexity index is 627. The van der Waals surface area contributed by atoms with Crippen LogP contribution in [0.5, 0.6) is 0 Å². The summed E-state index contributed by atoms with van der Waals surface area (Å²) < 4.78 is 0. The largest absolute Gasteiger partial charge is 0.322 e. The quantitative estimate of drug-likeness (QED) is 0.499. The summed E-state index contributed by atoms with van der Waals surface area (Å²) >= 11 is 0. The molecular formula is C22H36N2OP+. The van der Waals surface area contributed by atoms with Crippen LogP contribution in [0, 0.1) is 25.2 Å². The number of nitrogens with one attached hydrogen (secondary N) is 1. The lowest BCUT2D eigenvalue weighted by molar-refractivity contribution is -0.115. The average molecular weight is 376 g/mol. The molecule has 0 radical (unpaired) electrons. The highest BCUT2D eigenvalue weighted by atomic mass is 31.2. The molecule has 1 rings (SSSR count). The summed E-state index contributed by atoms with van der Waals surface area (Å²) in [5.41, 5.74) is 3.60. The predicted molar refractivity (Wildman–Crippen MR) is 116 cm³/mol. The molecule has 0 saturated heterocycles. The Morgan fingerprint density at radius 2 is 1.73 bits per heavy atom. The van der Waals surface area contributed by atoms with Gasteiger partial charge in [0.2, 0.25) is 0 Å². The molecule has 2 unspecified atom stereocenters. The van der Waals surface area contributed by atoms with Crippen molar-refractivity contribution in [2.24, 2.45) is 0 Å². The lowest BCUT2D eigenvalue weighted by Crippen LogP contribution is -2.33. The molecule has 4 heteroatoms. The van der Waals surface area contributed by atoms with Crippen LogP contribution in [0.15, 0.2) is 12.1 Å². The Morgan fingerprint density at radius 3 is 2.15 bits per heavy atom. The van der Waals surface area contributed by atoms with E-state index in [0.717, 1.165) is 35.8 Å². The van der Waals surface area contributed by atoms with Gasteiger partial charge in [-0.05, 0) is 63.3 Å². The summed E-state index contributed by atoms with van der Waals surface area (Å²) in [4.78, 5) is 13.3. The summed E-state index contributed by atoms with van der Waals surface area (Å²) in [5.74, 6) is 0.183. The van der Waals surface area contributed by atoms with E-state index in [4.69, 9.17) is 5.26 Å². The molecule has 0 saturated carbocycles. The number of benzene rings is 1. The van der Waals surface area contributed by atoms with Gasteiger partial charge in [-0.25, -0.2) is 0 Å². The fraction of sp³-hybridized carbons (Fsp3) is 0.636. The summed E-state index contributed by atoms with van der Waals surface area (Å²) in [7, 11) is -1.31. The number of unbranched alkanes of at least 4 members (excludes halogenated alkanes) is 1. The number of nitriles is 1. The number of carbonyl (C=O) groups is 1. The molecule has 0 aromatic heterocycles. The van der Waals surface area contributed by atoms with E-state index in [1.807, 2.05) is 26.0 Å². The second kappa shape index (κ2) is 10.7. The monoisotopic (exact) mass is 375 g/mol. The minimum absolute atomic E-state index is 0.133. The van der Waals surface area contributed by atoms with Crippen molar-refractivity contribution in [1.82, 2.24) is 0 Å². The maximum absolute atomic E-state index is 13.3. The van der Waals surface area contributed by atoms with Crippen LogP contribution in [-0.2, 0) is 4.79 Å². The van der Waals surface area contributed by atoms with Gasteiger partial charge in [0.15, 0.2) is 0 Å². The summed E-state index contributed by atoms with van der Waals surface area (Å²) in [6.45, 7) is 12.9. The second-order valence-corrected chi connectivity index (χ2v) is 11.9. The third-order valence-corrected chi connectivity index (χ3v) is 11.2. The van der Waals surface area contributed by atoms with Gasteiger partial charge in [-0.15, -0.1) is 0 Å². The number of anilines is 1. The van der Waals surface area contributed by atoms with E-state index in [9.17, 15) is 4.79 Å². The van der Waals surface area contributed by atoms with Crippen molar-refractivity contribution in [2.45, 2.75) is 72.9 Å². The first-order valence-corrected chi connectivity index (χ1v) is 12.5. The van der Waals surface area contributed by atoms with Crippen LogP contribution < -0.4 is 5.32 Å². The molecule has 0 spiro atoms. The van der Waals surface area contributed by atoms with Crippen LogP contribution in [-0.4, -0.2) is 30.1 Å². The van der Waals surface area contributed by atoms with Crippen LogP contribution in [0.1, 0.15) is 70.1 Å². The molecule has 0 bridgehead atoms. The number of aryl methyl sites for hydroxylation is 2. The van der Waals surface area contributed by atoms with Crippen molar-refractivity contribution in [1.29, 1.82) is 5.26 Å². The molecule has 1 aromatic rings. The normalized spacial score (nSPS) is 14.3. The third kappa shape index (κ3) is 5.31. The van der Waals surface area contributed by atoms with Gasteiger partial charge in [-0.2, -0.15) is 5.26 Å². The Hall–Kier alpha value is -1.39. The van der Waals surface area contributed by atoms with Crippen molar-refractivity contribution in [2.75, 3.05) is 23.8 Å². The zero-order chi connectivity index (χ0) is 19.7. The first-order valence-electron chi connectivity index (χ1n) is 10.1. The van der Waals surface area contributed by atoms with Gasteiger partial charge in [0.1, 0.15) is 5.66 Å². The Labute approximate surface area is 160 Å². The molecule has 3 nitrogen and oxygen atoms in total. The van der Waals surface area contributed by atoms with E-state index in [2.05, 4.69) is 39.1 Å². The maximum Gasteiger partial charge on any atom is 0.265 e. The fourth-order valence-electron chi connectivity index (χ4n) is 4.13. The number of carbonyl (C=O) groups excluding carboxylic acids is 1. The smallest absolute Gasteiger partial charge is 0.265 e. The standard InChI is InChI=1S/C22H35N2OP/c1-7-11-13-26(10-4,12-8-2)20(9-3)22(25)24-21-17(5)14-19(16-23)15-18(21)6/h14-15,20H,7-13H2,1-6H3/p+1. The van der Waals surface area contributed by atoms with Crippen molar-refractivity contribution in [3.63, 3.8) is 0 Å². The first kappa shape index (κ1) is 22.7. The van der Waals surface area contributed by atoms with Gasteiger partial charge in [0, 0.05) is 12.9 Å². The van der Waals surface area contributed by atoms with Crippen LogP contribution in [0.3, 0.4) is 0 Å². The van der Waals surface area contributed by atoms with E-state index >= 15 is 0 Å². The molecule has 0 aliphatic carbocycles. The Kier molecular flexibility index (Phi) is 9.31. The molecular weight excluding hydrogens is 339 g/mol. The molecule has 0 aliphatic rings.